The number of nitrogens with zero attached hydrogens (tertiary/aromatic N) is 1. The van der Waals surface area contributed by atoms with Crippen molar-refractivity contribution in [3.63, 3.8) is 0 Å². The number of nitrogens with two attached hydrogens (primary N) is 1. The summed E-state index contributed by atoms with van der Waals surface area (Å²) in [6.45, 7) is 4.27. The molecule has 0 aromatic heterocycles. The van der Waals surface area contributed by atoms with E-state index < -0.39 is 0 Å². The fraction of sp³-hybridized carbons (Fsp3) is 0.417. The number of nitriles is 1. The lowest BCUT2D eigenvalue weighted by Gasteiger charge is -2.16. The van der Waals surface area contributed by atoms with E-state index >= 15 is 0 Å². The molecule has 0 aliphatic carbocycles. The molecule has 1 rings (SSSR count). The van der Waals surface area contributed by atoms with E-state index in [1.807, 2.05) is 18.2 Å². The Hall–Kier alpha value is -1.33. The van der Waals surface area contributed by atoms with Gasteiger partial charge in [-0.2, -0.15) is 5.26 Å². The zero-order valence-corrected chi connectivity index (χ0v) is 8.70. The van der Waals surface area contributed by atoms with Crippen LogP contribution >= 0.6 is 0 Å². The molecule has 2 heteroatoms. The van der Waals surface area contributed by atoms with Crippen molar-refractivity contribution in [1.82, 2.24) is 0 Å². The van der Waals surface area contributed by atoms with Gasteiger partial charge < -0.3 is 5.73 Å². The van der Waals surface area contributed by atoms with Crippen molar-refractivity contribution >= 4 is 0 Å². The SMILES string of the molecule is CC(C)c1ccccc1[C@H](N)CC#N. The first kappa shape index (κ1) is 10.7. The van der Waals surface area contributed by atoms with Crippen LogP contribution in [0.1, 0.15) is 43.4 Å². The third kappa shape index (κ3) is 2.34. The standard InChI is InChI=1S/C12H16N2/c1-9(2)10-5-3-4-6-11(10)12(14)7-8-13/h3-6,9,12H,7,14H2,1-2H3/t12-/m1/s1. The van der Waals surface area contributed by atoms with Gasteiger partial charge in [-0.1, -0.05) is 38.1 Å². The minimum atomic E-state index is -0.154. The molecule has 0 bridgehead atoms. The maximum absolute atomic E-state index is 8.60. The maximum atomic E-state index is 8.60. The molecule has 0 spiro atoms. The first-order chi connectivity index (χ1) is 6.66. The average molecular weight is 188 g/mol. The van der Waals surface area contributed by atoms with Crippen LogP contribution in [0.4, 0.5) is 0 Å². The molecule has 14 heavy (non-hydrogen) atoms. The average Bonchev–Trinajstić information content (AvgIpc) is 2.18. The van der Waals surface area contributed by atoms with E-state index in [2.05, 4.69) is 26.0 Å². The van der Waals surface area contributed by atoms with Crippen LogP contribution in [-0.2, 0) is 0 Å². The van der Waals surface area contributed by atoms with Gasteiger partial charge in [0, 0.05) is 6.04 Å². The number of benzene rings is 1. The number of hydrogen-bond acceptors (Lipinski definition) is 2. The van der Waals surface area contributed by atoms with E-state index in [1.54, 1.807) is 0 Å². The highest BCUT2D eigenvalue weighted by Crippen LogP contribution is 2.24. The lowest BCUT2D eigenvalue weighted by Crippen LogP contribution is -2.12. The van der Waals surface area contributed by atoms with Crippen molar-refractivity contribution in [2.75, 3.05) is 0 Å². The van der Waals surface area contributed by atoms with Crippen molar-refractivity contribution in [1.29, 1.82) is 5.26 Å². The highest BCUT2D eigenvalue weighted by molar-refractivity contribution is 5.32. The summed E-state index contributed by atoms with van der Waals surface area (Å²) in [6.07, 6.45) is 0.379. The van der Waals surface area contributed by atoms with Gasteiger partial charge in [-0.3, -0.25) is 0 Å². The molecule has 0 amide bonds. The Balaban J connectivity index is 3.01. The first-order valence-electron chi connectivity index (χ1n) is 4.88. The summed E-state index contributed by atoms with van der Waals surface area (Å²) in [5.74, 6) is 0.455. The summed E-state index contributed by atoms with van der Waals surface area (Å²) in [6, 6.07) is 10.0. The smallest absolute Gasteiger partial charge is 0.0641 e. The monoisotopic (exact) mass is 188 g/mol. The van der Waals surface area contributed by atoms with Gasteiger partial charge in [0.25, 0.3) is 0 Å². The molecule has 0 radical (unpaired) electrons. The Morgan fingerprint density at radius 2 is 1.86 bits per heavy atom. The minimum Gasteiger partial charge on any atom is -0.323 e. The fourth-order valence-electron chi connectivity index (χ4n) is 1.58. The predicted octanol–water partition coefficient (Wildman–Crippen LogP) is 2.72. The Kier molecular flexibility index (Phi) is 3.67. The molecule has 1 aromatic rings. The largest absolute Gasteiger partial charge is 0.323 e. The highest BCUT2D eigenvalue weighted by Gasteiger charge is 2.11. The van der Waals surface area contributed by atoms with Gasteiger partial charge in [-0.15, -0.1) is 0 Å². The summed E-state index contributed by atoms with van der Waals surface area (Å²) >= 11 is 0. The zero-order valence-electron chi connectivity index (χ0n) is 8.70. The highest BCUT2D eigenvalue weighted by atomic mass is 14.6. The van der Waals surface area contributed by atoms with Crippen LogP contribution in [0.2, 0.25) is 0 Å². The fourth-order valence-corrected chi connectivity index (χ4v) is 1.58. The maximum Gasteiger partial charge on any atom is 0.0641 e. The second-order valence-corrected chi connectivity index (χ2v) is 3.75. The van der Waals surface area contributed by atoms with Gasteiger partial charge >= 0.3 is 0 Å². The molecule has 1 atom stereocenters. The Bertz CT molecular complexity index is 336. The summed E-state index contributed by atoms with van der Waals surface area (Å²) in [5, 5.41) is 8.60. The van der Waals surface area contributed by atoms with Crippen LogP contribution in [-0.4, -0.2) is 0 Å². The second kappa shape index (κ2) is 4.78. The normalized spacial score (nSPS) is 12.5. The summed E-state index contributed by atoms with van der Waals surface area (Å²) in [4.78, 5) is 0. The quantitative estimate of drug-likeness (QED) is 0.792. The Morgan fingerprint density at radius 3 is 2.36 bits per heavy atom. The van der Waals surface area contributed by atoms with Crippen molar-refractivity contribution in [3.05, 3.63) is 35.4 Å². The number of rotatable bonds is 3. The molecule has 0 aliphatic heterocycles. The van der Waals surface area contributed by atoms with Gasteiger partial charge in [0.1, 0.15) is 0 Å². The minimum absolute atomic E-state index is 0.154. The van der Waals surface area contributed by atoms with Crippen molar-refractivity contribution in [2.45, 2.75) is 32.2 Å². The van der Waals surface area contributed by atoms with Crippen LogP contribution in [0.25, 0.3) is 0 Å². The van der Waals surface area contributed by atoms with Gasteiger partial charge in [-0.05, 0) is 17.0 Å². The molecule has 0 saturated heterocycles. The van der Waals surface area contributed by atoms with E-state index in [-0.39, 0.29) is 6.04 Å². The molecule has 0 unspecified atom stereocenters. The molecule has 1 aromatic carbocycles. The second-order valence-electron chi connectivity index (χ2n) is 3.75. The molecular formula is C12H16N2. The van der Waals surface area contributed by atoms with Crippen LogP contribution in [0.3, 0.4) is 0 Å². The third-order valence-electron chi connectivity index (χ3n) is 2.33. The van der Waals surface area contributed by atoms with Gasteiger partial charge in [0.2, 0.25) is 0 Å². The van der Waals surface area contributed by atoms with E-state index in [0.717, 1.165) is 5.56 Å². The van der Waals surface area contributed by atoms with Gasteiger partial charge in [0.15, 0.2) is 0 Å². The van der Waals surface area contributed by atoms with Crippen LogP contribution < -0.4 is 5.73 Å². The Labute approximate surface area is 85.4 Å². The van der Waals surface area contributed by atoms with Crippen molar-refractivity contribution < 1.29 is 0 Å². The molecule has 0 aliphatic rings. The molecule has 0 heterocycles. The third-order valence-corrected chi connectivity index (χ3v) is 2.33. The van der Waals surface area contributed by atoms with E-state index in [1.165, 1.54) is 5.56 Å². The molecule has 0 saturated carbocycles. The van der Waals surface area contributed by atoms with E-state index in [0.29, 0.717) is 12.3 Å². The number of hydrogen-bond donors (Lipinski definition) is 1. The van der Waals surface area contributed by atoms with Gasteiger partial charge in [-0.25, -0.2) is 0 Å². The Morgan fingerprint density at radius 1 is 1.29 bits per heavy atom. The molecule has 74 valence electrons. The topological polar surface area (TPSA) is 49.8 Å². The summed E-state index contributed by atoms with van der Waals surface area (Å²) in [5.41, 5.74) is 8.27. The van der Waals surface area contributed by atoms with Crippen molar-refractivity contribution in [2.24, 2.45) is 5.73 Å². The van der Waals surface area contributed by atoms with Crippen LogP contribution in [0.5, 0.6) is 0 Å². The molecule has 0 fully saturated rings. The molecule has 2 N–H and O–H groups in total. The lowest BCUT2D eigenvalue weighted by molar-refractivity contribution is 0.718. The summed E-state index contributed by atoms with van der Waals surface area (Å²) in [7, 11) is 0. The molecular weight excluding hydrogens is 172 g/mol. The van der Waals surface area contributed by atoms with Gasteiger partial charge in [0.05, 0.1) is 12.5 Å². The predicted molar refractivity (Wildman–Crippen MR) is 57.7 cm³/mol. The lowest BCUT2D eigenvalue weighted by atomic mass is 9.92. The summed E-state index contributed by atoms with van der Waals surface area (Å²) < 4.78 is 0. The van der Waals surface area contributed by atoms with Crippen LogP contribution in [0, 0.1) is 11.3 Å². The van der Waals surface area contributed by atoms with E-state index in [4.69, 9.17) is 11.0 Å². The van der Waals surface area contributed by atoms with Crippen LogP contribution in [0.15, 0.2) is 24.3 Å². The van der Waals surface area contributed by atoms with E-state index in [9.17, 15) is 0 Å². The first-order valence-corrected chi connectivity index (χ1v) is 4.88. The van der Waals surface area contributed by atoms with Crippen molar-refractivity contribution in [3.8, 4) is 6.07 Å². The zero-order chi connectivity index (χ0) is 10.6. The molecule has 2 nitrogen and oxygen atoms in total.